The van der Waals surface area contributed by atoms with E-state index in [0.29, 0.717) is 5.69 Å². The van der Waals surface area contributed by atoms with Gasteiger partial charge in [-0.25, -0.2) is 5.43 Å². The van der Waals surface area contributed by atoms with Crippen molar-refractivity contribution >= 4 is 22.4 Å². The van der Waals surface area contributed by atoms with E-state index < -0.39 is 0 Å². The van der Waals surface area contributed by atoms with Gasteiger partial charge in [0.25, 0.3) is 5.91 Å². The number of rotatable bonds is 5. The maximum atomic E-state index is 12.5. The van der Waals surface area contributed by atoms with E-state index in [1.165, 1.54) is 5.56 Å². The van der Waals surface area contributed by atoms with Crippen molar-refractivity contribution in [1.82, 2.24) is 15.6 Å². The van der Waals surface area contributed by atoms with Crippen molar-refractivity contribution in [2.75, 3.05) is 0 Å². The molecule has 5 heteroatoms. The maximum absolute atomic E-state index is 12.5. The molecule has 4 rings (SSSR count). The predicted octanol–water partition coefficient (Wildman–Crippen LogP) is 4.95. The Bertz CT molecular complexity index is 1180. The number of benzene rings is 3. The second kappa shape index (κ2) is 8.10. The molecule has 5 nitrogen and oxygen atoms in total. The van der Waals surface area contributed by atoms with Gasteiger partial charge in [-0.15, -0.1) is 0 Å². The molecular weight excluding hydrogens is 360 g/mol. The van der Waals surface area contributed by atoms with Crippen molar-refractivity contribution < 1.29 is 4.79 Å². The number of hydrogen-bond acceptors (Lipinski definition) is 3. The highest BCUT2D eigenvalue weighted by molar-refractivity contribution is 6.10. The molecule has 0 radical (unpaired) electrons. The molecule has 1 aromatic heterocycles. The lowest BCUT2D eigenvalue weighted by Gasteiger charge is -2.06. The number of aryl methyl sites for hydroxylation is 1. The number of aromatic nitrogens is 2. The van der Waals surface area contributed by atoms with Gasteiger partial charge in [0.15, 0.2) is 0 Å². The number of carbonyl (C=O) groups is 1. The third-order valence-electron chi connectivity index (χ3n) is 4.99. The topological polar surface area (TPSA) is 70.1 Å². The summed E-state index contributed by atoms with van der Waals surface area (Å²) in [5, 5.41) is 13.6. The second-order valence-electron chi connectivity index (χ2n) is 6.88. The standard InChI is InChI=1S/C24H22N4O/c1-3-17-11-13-19(14-12-17)22-15-23(27-26-22)24(29)28-25-16(2)20-10-6-8-18-7-4-5-9-21(18)20/h4-15H,3H2,1-2H3,(H,26,27)(H,28,29)/b25-16-. The summed E-state index contributed by atoms with van der Waals surface area (Å²) in [4.78, 5) is 12.5. The van der Waals surface area contributed by atoms with Crippen LogP contribution in [0.15, 0.2) is 77.9 Å². The van der Waals surface area contributed by atoms with Crippen LogP contribution in [-0.4, -0.2) is 21.8 Å². The van der Waals surface area contributed by atoms with Gasteiger partial charge in [0.05, 0.1) is 11.4 Å². The average molecular weight is 382 g/mol. The fourth-order valence-corrected chi connectivity index (χ4v) is 3.29. The number of amides is 1. The van der Waals surface area contributed by atoms with Crippen LogP contribution in [0.2, 0.25) is 0 Å². The van der Waals surface area contributed by atoms with Crippen molar-refractivity contribution in [3.8, 4) is 11.3 Å². The molecule has 2 N–H and O–H groups in total. The van der Waals surface area contributed by atoms with Gasteiger partial charge in [-0.2, -0.15) is 10.2 Å². The Labute approximate surface area is 169 Å². The van der Waals surface area contributed by atoms with Gasteiger partial charge in [0.1, 0.15) is 5.69 Å². The molecule has 3 aromatic carbocycles. The van der Waals surface area contributed by atoms with E-state index >= 15 is 0 Å². The average Bonchev–Trinajstić information content (AvgIpc) is 3.27. The molecule has 0 saturated carbocycles. The molecule has 1 heterocycles. The minimum atomic E-state index is -0.325. The molecular formula is C24H22N4O. The van der Waals surface area contributed by atoms with Crippen LogP contribution in [0.3, 0.4) is 0 Å². The third-order valence-corrected chi connectivity index (χ3v) is 4.99. The summed E-state index contributed by atoms with van der Waals surface area (Å²) in [5.41, 5.74) is 7.68. The Balaban J connectivity index is 1.51. The largest absolute Gasteiger partial charge is 0.289 e. The van der Waals surface area contributed by atoms with Crippen LogP contribution in [-0.2, 0) is 6.42 Å². The molecule has 0 aliphatic heterocycles. The summed E-state index contributed by atoms with van der Waals surface area (Å²) in [7, 11) is 0. The lowest BCUT2D eigenvalue weighted by molar-refractivity contribution is 0.0950. The first-order valence-electron chi connectivity index (χ1n) is 9.63. The van der Waals surface area contributed by atoms with Crippen LogP contribution in [0.4, 0.5) is 0 Å². The fourth-order valence-electron chi connectivity index (χ4n) is 3.29. The van der Waals surface area contributed by atoms with E-state index in [9.17, 15) is 4.79 Å². The van der Waals surface area contributed by atoms with E-state index in [1.807, 2.05) is 43.3 Å². The molecule has 144 valence electrons. The van der Waals surface area contributed by atoms with E-state index in [2.05, 4.69) is 58.0 Å². The van der Waals surface area contributed by atoms with E-state index in [-0.39, 0.29) is 5.91 Å². The van der Waals surface area contributed by atoms with Gasteiger partial charge in [-0.05, 0) is 35.7 Å². The van der Waals surface area contributed by atoms with Crippen LogP contribution in [0.25, 0.3) is 22.0 Å². The number of fused-ring (bicyclic) bond motifs is 1. The summed E-state index contributed by atoms with van der Waals surface area (Å²) >= 11 is 0. The molecule has 4 aromatic rings. The Hall–Kier alpha value is -3.73. The van der Waals surface area contributed by atoms with Crippen molar-refractivity contribution in [2.45, 2.75) is 20.3 Å². The zero-order valence-corrected chi connectivity index (χ0v) is 16.4. The number of H-pyrrole nitrogens is 1. The molecule has 1 amide bonds. The monoisotopic (exact) mass is 382 g/mol. The summed E-state index contributed by atoms with van der Waals surface area (Å²) in [6.07, 6.45) is 0.989. The minimum absolute atomic E-state index is 0.325. The first kappa shape index (κ1) is 18.6. The second-order valence-corrected chi connectivity index (χ2v) is 6.88. The van der Waals surface area contributed by atoms with E-state index in [1.54, 1.807) is 6.07 Å². The molecule has 0 unspecified atom stereocenters. The number of carbonyl (C=O) groups excluding carboxylic acids is 1. The maximum Gasteiger partial charge on any atom is 0.289 e. The van der Waals surface area contributed by atoms with E-state index in [4.69, 9.17) is 0 Å². The number of nitrogens with one attached hydrogen (secondary N) is 2. The van der Waals surface area contributed by atoms with Crippen molar-refractivity contribution in [1.29, 1.82) is 0 Å². The Morgan fingerprint density at radius 1 is 1.03 bits per heavy atom. The first-order valence-corrected chi connectivity index (χ1v) is 9.63. The Kier molecular flexibility index (Phi) is 5.20. The SMILES string of the molecule is CCc1ccc(-c2cc(C(=O)N/N=C(/C)c3cccc4ccccc34)[nH]n2)cc1. The summed E-state index contributed by atoms with van der Waals surface area (Å²) < 4.78 is 0. The first-order chi connectivity index (χ1) is 14.2. The predicted molar refractivity (Wildman–Crippen MR) is 117 cm³/mol. The lowest BCUT2D eigenvalue weighted by Crippen LogP contribution is -2.19. The molecule has 0 aliphatic carbocycles. The molecule has 0 aliphatic rings. The van der Waals surface area contributed by atoms with Crippen molar-refractivity contribution in [2.24, 2.45) is 5.10 Å². The molecule has 29 heavy (non-hydrogen) atoms. The lowest BCUT2D eigenvalue weighted by atomic mass is 10.0. The van der Waals surface area contributed by atoms with Gasteiger partial charge in [0.2, 0.25) is 0 Å². The zero-order valence-electron chi connectivity index (χ0n) is 16.4. The number of aromatic amines is 1. The van der Waals surface area contributed by atoms with Crippen molar-refractivity contribution in [3.05, 3.63) is 89.6 Å². The van der Waals surface area contributed by atoms with Crippen LogP contribution in [0.1, 0.15) is 35.5 Å². The van der Waals surface area contributed by atoms with Crippen LogP contribution in [0.5, 0.6) is 0 Å². The van der Waals surface area contributed by atoms with Gasteiger partial charge in [-0.3, -0.25) is 9.89 Å². The van der Waals surface area contributed by atoms with Gasteiger partial charge in [-0.1, -0.05) is 73.7 Å². The zero-order chi connectivity index (χ0) is 20.2. The van der Waals surface area contributed by atoms with Crippen LogP contribution in [0, 0.1) is 0 Å². The third kappa shape index (κ3) is 3.94. The Morgan fingerprint density at radius 2 is 1.79 bits per heavy atom. The fraction of sp³-hybridized carbons (Fsp3) is 0.125. The minimum Gasteiger partial charge on any atom is -0.272 e. The van der Waals surface area contributed by atoms with E-state index in [0.717, 1.165) is 39.7 Å². The molecule has 0 atom stereocenters. The highest BCUT2D eigenvalue weighted by Gasteiger charge is 2.11. The molecule has 0 saturated heterocycles. The Morgan fingerprint density at radius 3 is 2.59 bits per heavy atom. The van der Waals surface area contributed by atoms with Gasteiger partial charge in [0, 0.05) is 11.1 Å². The van der Waals surface area contributed by atoms with Gasteiger partial charge >= 0.3 is 0 Å². The smallest absolute Gasteiger partial charge is 0.272 e. The number of hydrogen-bond donors (Lipinski definition) is 2. The molecule has 0 bridgehead atoms. The molecule has 0 fully saturated rings. The van der Waals surface area contributed by atoms with Crippen LogP contribution >= 0.6 is 0 Å². The summed E-state index contributed by atoms with van der Waals surface area (Å²) in [6.45, 7) is 4.00. The highest BCUT2D eigenvalue weighted by Crippen LogP contribution is 2.20. The van der Waals surface area contributed by atoms with Crippen LogP contribution < -0.4 is 5.43 Å². The summed E-state index contributed by atoms with van der Waals surface area (Å²) in [5.74, 6) is -0.325. The normalized spacial score (nSPS) is 11.6. The number of hydrazone groups is 1. The number of nitrogens with zero attached hydrogens (tertiary/aromatic N) is 2. The summed E-state index contributed by atoms with van der Waals surface area (Å²) in [6, 6.07) is 24.1. The van der Waals surface area contributed by atoms with Gasteiger partial charge < -0.3 is 0 Å². The van der Waals surface area contributed by atoms with Crippen molar-refractivity contribution in [3.63, 3.8) is 0 Å². The highest BCUT2D eigenvalue weighted by atomic mass is 16.2. The quantitative estimate of drug-likeness (QED) is 0.379. The molecule has 0 spiro atoms.